The van der Waals surface area contributed by atoms with Crippen molar-refractivity contribution < 1.29 is 4.92 Å². The van der Waals surface area contributed by atoms with Gasteiger partial charge in [-0.2, -0.15) is 4.52 Å². The third-order valence-corrected chi connectivity index (χ3v) is 6.00. The number of rotatable bonds is 5. The number of thioether (sulfide) groups is 1. The number of nitro groups is 1. The minimum absolute atomic E-state index is 0.00308. The summed E-state index contributed by atoms with van der Waals surface area (Å²) in [4.78, 5) is 20.2. The Morgan fingerprint density at radius 3 is 2.61 bits per heavy atom. The van der Waals surface area contributed by atoms with Gasteiger partial charge >= 0.3 is 0 Å². The number of para-hydroxylation sites is 1. The number of fused-ring (bicyclic) bond motifs is 3. The van der Waals surface area contributed by atoms with Crippen LogP contribution in [-0.4, -0.2) is 24.5 Å². The average molecular weight is 448 g/mol. The Morgan fingerprint density at radius 2 is 1.81 bits per heavy atom. The lowest BCUT2D eigenvalue weighted by atomic mass is 10.2. The Labute approximate surface area is 185 Å². The lowest BCUT2D eigenvalue weighted by Crippen LogP contribution is -1.98. The normalized spacial score (nSPS) is 11.3. The standard InChI is InChI=1S/C22H14ClN5O2S/c23-16-10-8-14(9-11-16)13-31-22-24-19-7-2-1-6-18(19)21-25-20(26-27(21)22)15-4-3-5-17(12-15)28(29)30/h1-12H,13H2. The van der Waals surface area contributed by atoms with Crippen LogP contribution in [0.3, 0.4) is 0 Å². The summed E-state index contributed by atoms with van der Waals surface area (Å²) in [6.45, 7) is 0. The van der Waals surface area contributed by atoms with Gasteiger partial charge in [-0.25, -0.2) is 9.97 Å². The molecule has 0 bridgehead atoms. The Morgan fingerprint density at radius 1 is 1.00 bits per heavy atom. The van der Waals surface area contributed by atoms with Crippen LogP contribution in [0.25, 0.3) is 27.9 Å². The summed E-state index contributed by atoms with van der Waals surface area (Å²) in [5.74, 6) is 1.10. The highest BCUT2D eigenvalue weighted by molar-refractivity contribution is 7.98. The molecule has 0 radical (unpaired) electrons. The quantitative estimate of drug-likeness (QED) is 0.146. The van der Waals surface area contributed by atoms with Crippen LogP contribution >= 0.6 is 23.4 Å². The maximum Gasteiger partial charge on any atom is 0.270 e. The molecule has 31 heavy (non-hydrogen) atoms. The first-order valence-electron chi connectivity index (χ1n) is 9.36. The molecular weight excluding hydrogens is 434 g/mol. The van der Waals surface area contributed by atoms with E-state index in [0.717, 1.165) is 16.5 Å². The highest BCUT2D eigenvalue weighted by atomic mass is 35.5. The smallest absolute Gasteiger partial charge is 0.258 e. The van der Waals surface area contributed by atoms with Crippen LogP contribution in [0.5, 0.6) is 0 Å². The van der Waals surface area contributed by atoms with Crippen LogP contribution in [0.4, 0.5) is 5.69 Å². The molecule has 0 aliphatic carbocycles. The number of nitro benzene ring substituents is 1. The second-order valence-corrected chi connectivity index (χ2v) is 8.18. The SMILES string of the molecule is O=[N+]([O-])c1cccc(-c2nc3c4ccccc4nc(SCc4ccc(Cl)cc4)n3n2)c1. The van der Waals surface area contributed by atoms with E-state index < -0.39 is 4.92 Å². The van der Waals surface area contributed by atoms with Gasteiger partial charge in [0.1, 0.15) is 0 Å². The number of aromatic nitrogens is 4. The van der Waals surface area contributed by atoms with Gasteiger partial charge < -0.3 is 0 Å². The summed E-state index contributed by atoms with van der Waals surface area (Å²) in [5.41, 5.74) is 3.15. The number of benzene rings is 3. The molecule has 0 fully saturated rings. The van der Waals surface area contributed by atoms with Gasteiger partial charge in [0.25, 0.3) is 5.69 Å². The Hall–Kier alpha value is -3.49. The van der Waals surface area contributed by atoms with Crippen molar-refractivity contribution in [1.29, 1.82) is 0 Å². The van der Waals surface area contributed by atoms with Crippen molar-refractivity contribution in [2.24, 2.45) is 0 Å². The molecule has 0 atom stereocenters. The van der Waals surface area contributed by atoms with Crippen molar-refractivity contribution in [3.05, 3.63) is 93.5 Å². The topological polar surface area (TPSA) is 86.2 Å². The van der Waals surface area contributed by atoms with Crippen LogP contribution in [0.1, 0.15) is 5.56 Å². The van der Waals surface area contributed by atoms with E-state index in [1.54, 1.807) is 16.6 Å². The lowest BCUT2D eigenvalue weighted by Gasteiger charge is -2.06. The van der Waals surface area contributed by atoms with E-state index in [4.69, 9.17) is 21.6 Å². The third-order valence-electron chi connectivity index (χ3n) is 4.75. The second kappa shape index (κ2) is 7.98. The molecule has 0 amide bonds. The first-order valence-corrected chi connectivity index (χ1v) is 10.7. The Balaban J connectivity index is 1.62. The summed E-state index contributed by atoms with van der Waals surface area (Å²) in [5, 5.41) is 18.0. The molecule has 0 saturated heterocycles. The highest BCUT2D eigenvalue weighted by Crippen LogP contribution is 2.29. The highest BCUT2D eigenvalue weighted by Gasteiger charge is 2.16. The summed E-state index contributed by atoms with van der Waals surface area (Å²) < 4.78 is 1.71. The zero-order valence-electron chi connectivity index (χ0n) is 16.0. The van der Waals surface area contributed by atoms with Gasteiger partial charge in [0.2, 0.25) is 0 Å². The summed E-state index contributed by atoms with van der Waals surface area (Å²) in [6, 6.07) is 21.7. The summed E-state index contributed by atoms with van der Waals surface area (Å²) >= 11 is 7.52. The molecule has 0 aliphatic heterocycles. The number of non-ortho nitro benzene ring substituents is 1. The van der Waals surface area contributed by atoms with Crippen LogP contribution in [-0.2, 0) is 5.75 Å². The van der Waals surface area contributed by atoms with Crippen molar-refractivity contribution in [1.82, 2.24) is 19.6 Å². The van der Waals surface area contributed by atoms with Crippen molar-refractivity contribution in [2.45, 2.75) is 10.9 Å². The molecule has 7 nitrogen and oxygen atoms in total. The molecule has 0 aliphatic rings. The van der Waals surface area contributed by atoms with Gasteiger partial charge in [0, 0.05) is 33.9 Å². The predicted molar refractivity (Wildman–Crippen MR) is 121 cm³/mol. The van der Waals surface area contributed by atoms with Gasteiger partial charge in [-0.05, 0) is 29.8 Å². The Kier molecular flexibility index (Phi) is 5.01. The van der Waals surface area contributed by atoms with E-state index in [1.807, 2.05) is 48.5 Å². The first-order chi connectivity index (χ1) is 15.1. The molecule has 5 rings (SSSR count). The summed E-state index contributed by atoms with van der Waals surface area (Å²) in [7, 11) is 0. The minimum Gasteiger partial charge on any atom is -0.258 e. The zero-order valence-corrected chi connectivity index (χ0v) is 17.5. The van der Waals surface area contributed by atoms with Crippen LogP contribution < -0.4 is 0 Å². The fraction of sp³-hybridized carbons (Fsp3) is 0.0455. The molecular formula is C22H14ClN5O2S. The largest absolute Gasteiger partial charge is 0.270 e. The van der Waals surface area contributed by atoms with Crippen LogP contribution in [0.15, 0.2) is 78.0 Å². The molecule has 152 valence electrons. The summed E-state index contributed by atoms with van der Waals surface area (Å²) in [6.07, 6.45) is 0. The van der Waals surface area contributed by atoms with Crippen LogP contribution in [0, 0.1) is 10.1 Å². The van der Waals surface area contributed by atoms with Crippen molar-refractivity contribution in [3.8, 4) is 11.4 Å². The van der Waals surface area contributed by atoms with E-state index in [9.17, 15) is 10.1 Å². The second-order valence-electron chi connectivity index (χ2n) is 6.80. The lowest BCUT2D eigenvalue weighted by molar-refractivity contribution is -0.384. The first kappa shape index (κ1) is 19.5. The average Bonchev–Trinajstić information content (AvgIpc) is 3.25. The van der Waals surface area contributed by atoms with Crippen molar-refractivity contribution >= 4 is 45.6 Å². The van der Waals surface area contributed by atoms with Gasteiger partial charge in [-0.15, -0.1) is 5.10 Å². The maximum absolute atomic E-state index is 11.2. The number of nitrogens with zero attached hydrogens (tertiary/aromatic N) is 5. The minimum atomic E-state index is -0.427. The molecule has 0 saturated carbocycles. The monoisotopic (exact) mass is 447 g/mol. The zero-order chi connectivity index (χ0) is 21.4. The van der Waals surface area contributed by atoms with Crippen LogP contribution in [0.2, 0.25) is 5.02 Å². The molecule has 0 N–H and O–H groups in total. The Bertz CT molecular complexity index is 1440. The van der Waals surface area contributed by atoms with Gasteiger partial charge in [0.05, 0.1) is 10.4 Å². The van der Waals surface area contributed by atoms with E-state index >= 15 is 0 Å². The van der Waals surface area contributed by atoms with E-state index in [2.05, 4.69) is 5.10 Å². The molecule has 2 heterocycles. The molecule has 2 aromatic heterocycles. The molecule has 5 aromatic rings. The van der Waals surface area contributed by atoms with Crippen molar-refractivity contribution in [3.63, 3.8) is 0 Å². The number of hydrogen-bond acceptors (Lipinski definition) is 6. The van der Waals surface area contributed by atoms with E-state index in [0.29, 0.717) is 33.0 Å². The number of halogens is 1. The molecule has 0 spiro atoms. The van der Waals surface area contributed by atoms with Gasteiger partial charge in [-0.1, -0.05) is 59.8 Å². The fourth-order valence-electron chi connectivity index (χ4n) is 3.23. The molecule has 0 unspecified atom stereocenters. The van der Waals surface area contributed by atoms with E-state index in [-0.39, 0.29) is 5.69 Å². The maximum atomic E-state index is 11.2. The predicted octanol–water partition coefficient (Wildman–Crippen LogP) is 5.80. The molecule has 9 heteroatoms. The van der Waals surface area contributed by atoms with E-state index in [1.165, 1.54) is 23.9 Å². The van der Waals surface area contributed by atoms with Crippen molar-refractivity contribution in [2.75, 3.05) is 0 Å². The fourth-order valence-corrected chi connectivity index (χ4v) is 4.26. The molecule has 3 aromatic carbocycles. The third kappa shape index (κ3) is 3.83. The number of hydrogen-bond donors (Lipinski definition) is 0. The van der Waals surface area contributed by atoms with Gasteiger partial charge in [0.15, 0.2) is 16.6 Å². The van der Waals surface area contributed by atoms with Gasteiger partial charge in [-0.3, -0.25) is 10.1 Å².